The number of nitrogens with one attached hydrogen (secondary N) is 2. The van der Waals surface area contributed by atoms with Gasteiger partial charge >= 0.3 is 0 Å². The van der Waals surface area contributed by atoms with Crippen LogP contribution in [0.1, 0.15) is 18.9 Å². The molecule has 0 spiro atoms. The molecule has 1 heterocycles. The standard InChI is InChI=1S/C23H27N3O5/c1-16(27)12-25-23(30)18-11-22(29)26(14-18)19-7-9-20(10-8-19)31-15-21(28)24-13-17-5-3-2-4-6-17/h2-10,16,18,27H,11-15H2,1H3,(H,24,28)(H,25,30)/t16-,18-/m1/s1. The Balaban J connectivity index is 1.46. The molecule has 0 aliphatic carbocycles. The van der Waals surface area contributed by atoms with Crippen LogP contribution in [0.3, 0.4) is 0 Å². The number of ether oxygens (including phenoxy) is 1. The van der Waals surface area contributed by atoms with Crippen LogP contribution >= 0.6 is 0 Å². The highest BCUT2D eigenvalue weighted by Gasteiger charge is 2.35. The summed E-state index contributed by atoms with van der Waals surface area (Å²) in [4.78, 5) is 38.0. The lowest BCUT2D eigenvalue weighted by Gasteiger charge is -2.17. The molecular formula is C23H27N3O5. The molecule has 2 atom stereocenters. The van der Waals surface area contributed by atoms with Crippen molar-refractivity contribution in [2.45, 2.75) is 26.0 Å². The number of rotatable bonds is 9. The van der Waals surface area contributed by atoms with Crippen molar-refractivity contribution < 1.29 is 24.2 Å². The molecule has 1 aliphatic heterocycles. The summed E-state index contributed by atoms with van der Waals surface area (Å²) in [7, 11) is 0. The number of benzene rings is 2. The lowest BCUT2D eigenvalue weighted by molar-refractivity contribution is -0.126. The SMILES string of the molecule is C[C@@H](O)CNC(=O)[C@@H]1CC(=O)N(c2ccc(OCC(=O)NCc3ccccc3)cc2)C1. The maximum absolute atomic E-state index is 12.3. The number of carbonyl (C=O) groups excluding carboxylic acids is 3. The van der Waals surface area contributed by atoms with Gasteiger partial charge in [0.05, 0.1) is 12.0 Å². The Morgan fingerprint density at radius 3 is 2.52 bits per heavy atom. The maximum Gasteiger partial charge on any atom is 0.258 e. The van der Waals surface area contributed by atoms with Crippen molar-refractivity contribution >= 4 is 23.4 Å². The highest BCUT2D eigenvalue weighted by molar-refractivity contribution is 6.00. The van der Waals surface area contributed by atoms with Crippen molar-refractivity contribution in [3.8, 4) is 5.75 Å². The van der Waals surface area contributed by atoms with Crippen molar-refractivity contribution in [1.82, 2.24) is 10.6 Å². The third-order valence-electron chi connectivity index (χ3n) is 4.92. The maximum atomic E-state index is 12.3. The molecule has 0 saturated carbocycles. The Morgan fingerprint density at radius 2 is 1.84 bits per heavy atom. The molecule has 8 heteroatoms. The Hall–Kier alpha value is -3.39. The van der Waals surface area contributed by atoms with E-state index in [0.717, 1.165) is 5.56 Å². The number of hydrogen-bond acceptors (Lipinski definition) is 5. The Labute approximate surface area is 181 Å². The van der Waals surface area contributed by atoms with E-state index in [4.69, 9.17) is 4.74 Å². The molecule has 164 valence electrons. The van der Waals surface area contributed by atoms with Gasteiger partial charge in [-0.15, -0.1) is 0 Å². The predicted octanol–water partition coefficient (Wildman–Crippen LogP) is 1.23. The molecule has 2 aromatic carbocycles. The summed E-state index contributed by atoms with van der Waals surface area (Å²) in [6, 6.07) is 16.4. The van der Waals surface area contributed by atoms with Crippen LogP contribution in [0.15, 0.2) is 54.6 Å². The molecule has 0 radical (unpaired) electrons. The first-order chi connectivity index (χ1) is 14.9. The van der Waals surface area contributed by atoms with Crippen molar-refractivity contribution in [3.63, 3.8) is 0 Å². The largest absolute Gasteiger partial charge is 0.484 e. The summed E-state index contributed by atoms with van der Waals surface area (Å²) in [5.41, 5.74) is 1.67. The van der Waals surface area contributed by atoms with Gasteiger partial charge in [0.2, 0.25) is 11.8 Å². The monoisotopic (exact) mass is 425 g/mol. The second-order valence-corrected chi connectivity index (χ2v) is 7.54. The van der Waals surface area contributed by atoms with Gasteiger partial charge in [-0.3, -0.25) is 14.4 Å². The Bertz CT molecular complexity index is 899. The predicted molar refractivity (Wildman–Crippen MR) is 115 cm³/mol. The lowest BCUT2D eigenvalue weighted by atomic mass is 10.1. The van der Waals surface area contributed by atoms with Gasteiger partial charge in [-0.2, -0.15) is 0 Å². The summed E-state index contributed by atoms with van der Waals surface area (Å²) >= 11 is 0. The average molecular weight is 425 g/mol. The van der Waals surface area contributed by atoms with E-state index in [-0.39, 0.29) is 43.8 Å². The van der Waals surface area contributed by atoms with E-state index in [9.17, 15) is 19.5 Å². The number of aliphatic hydroxyl groups excluding tert-OH is 1. The highest BCUT2D eigenvalue weighted by Crippen LogP contribution is 2.27. The minimum atomic E-state index is -0.634. The number of amides is 3. The quantitative estimate of drug-likeness (QED) is 0.560. The molecule has 1 fully saturated rings. The highest BCUT2D eigenvalue weighted by atomic mass is 16.5. The van der Waals surface area contributed by atoms with Crippen LogP contribution in [-0.4, -0.2) is 48.6 Å². The normalized spacial score (nSPS) is 16.6. The molecule has 2 aromatic rings. The number of anilines is 1. The van der Waals surface area contributed by atoms with E-state index < -0.39 is 12.0 Å². The summed E-state index contributed by atoms with van der Waals surface area (Å²) < 4.78 is 5.51. The molecule has 3 amide bonds. The van der Waals surface area contributed by atoms with Crippen LogP contribution < -0.4 is 20.3 Å². The summed E-state index contributed by atoms with van der Waals surface area (Å²) in [5.74, 6) is -0.537. The molecule has 0 aromatic heterocycles. The van der Waals surface area contributed by atoms with Crippen molar-refractivity contribution in [3.05, 3.63) is 60.2 Å². The zero-order valence-corrected chi connectivity index (χ0v) is 17.4. The van der Waals surface area contributed by atoms with Gasteiger partial charge in [0.1, 0.15) is 5.75 Å². The number of carbonyl (C=O) groups is 3. The van der Waals surface area contributed by atoms with Gasteiger partial charge in [-0.25, -0.2) is 0 Å². The molecule has 31 heavy (non-hydrogen) atoms. The number of aliphatic hydroxyl groups is 1. The fourth-order valence-corrected chi connectivity index (χ4v) is 3.24. The van der Waals surface area contributed by atoms with Crippen molar-refractivity contribution in [2.24, 2.45) is 5.92 Å². The van der Waals surface area contributed by atoms with Gasteiger partial charge in [-0.05, 0) is 36.8 Å². The van der Waals surface area contributed by atoms with Crippen LogP contribution in [0.5, 0.6) is 5.75 Å². The molecular weight excluding hydrogens is 398 g/mol. The van der Waals surface area contributed by atoms with Crippen molar-refractivity contribution in [2.75, 3.05) is 24.6 Å². The zero-order valence-electron chi connectivity index (χ0n) is 17.4. The summed E-state index contributed by atoms with van der Waals surface area (Å²) in [6.07, 6.45) is -0.504. The van der Waals surface area contributed by atoms with Gasteiger partial charge < -0.3 is 25.4 Å². The van der Waals surface area contributed by atoms with Gasteiger partial charge in [0.15, 0.2) is 6.61 Å². The van der Waals surface area contributed by atoms with Crippen LogP contribution in [0, 0.1) is 5.92 Å². The van der Waals surface area contributed by atoms with E-state index in [1.54, 1.807) is 36.1 Å². The molecule has 3 rings (SSSR count). The molecule has 1 saturated heterocycles. The average Bonchev–Trinajstić information content (AvgIpc) is 3.17. The Morgan fingerprint density at radius 1 is 1.13 bits per heavy atom. The van der Waals surface area contributed by atoms with E-state index in [2.05, 4.69) is 10.6 Å². The second kappa shape index (κ2) is 10.6. The van der Waals surface area contributed by atoms with Gasteiger partial charge in [-0.1, -0.05) is 30.3 Å². The number of nitrogens with zero attached hydrogens (tertiary/aromatic N) is 1. The first-order valence-electron chi connectivity index (χ1n) is 10.2. The van der Waals surface area contributed by atoms with Crippen LogP contribution in [-0.2, 0) is 20.9 Å². The summed E-state index contributed by atoms with van der Waals surface area (Å²) in [5, 5.41) is 14.7. The summed E-state index contributed by atoms with van der Waals surface area (Å²) in [6.45, 7) is 2.36. The Kier molecular flexibility index (Phi) is 7.61. The molecule has 1 aliphatic rings. The topological polar surface area (TPSA) is 108 Å². The van der Waals surface area contributed by atoms with Crippen LogP contribution in [0.4, 0.5) is 5.69 Å². The zero-order chi connectivity index (χ0) is 22.2. The molecule has 3 N–H and O–H groups in total. The minimum absolute atomic E-state index is 0.111. The van der Waals surface area contributed by atoms with E-state index >= 15 is 0 Å². The minimum Gasteiger partial charge on any atom is -0.484 e. The lowest BCUT2D eigenvalue weighted by Crippen LogP contribution is -2.36. The molecule has 0 bridgehead atoms. The van der Waals surface area contributed by atoms with Gasteiger partial charge in [0.25, 0.3) is 5.91 Å². The first kappa shape index (κ1) is 22.3. The van der Waals surface area contributed by atoms with E-state index in [0.29, 0.717) is 18.0 Å². The fourth-order valence-electron chi connectivity index (χ4n) is 3.24. The third kappa shape index (κ3) is 6.55. The van der Waals surface area contributed by atoms with Crippen LogP contribution in [0.25, 0.3) is 0 Å². The second-order valence-electron chi connectivity index (χ2n) is 7.54. The number of hydrogen-bond donors (Lipinski definition) is 3. The molecule has 8 nitrogen and oxygen atoms in total. The van der Waals surface area contributed by atoms with E-state index in [1.165, 1.54) is 0 Å². The molecule has 0 unspecified atom stereocenters. The van der Waals surface area contributed by atoms with E-state index in [1.807, 2.05) is 30.3 Å². The van der Waals surface area contributed by atoms with Gasteiger partial charge in [0, 0.05) is 31.7 Å². The smallest absolute Gasteiger partial charge is 0.258 e. The fraction of sp³-hybridized carbons (Fsp3) is 0.348. The third-order valence-corrected chi connectivity index (χ3v) is 4.92. The first-order valence-corrected chi connectivity index (χ1v) is 10.2. The van der Waals surface area contributed by atoms with Crippen LogP contribution in [0.2, 0.25) is 0 Å². The van der Waals surface area contributed by atoms with Crippen molar-refractivity contribution in [1.29, 1.82) is 0 Å².